The van der Waals surface area contributed by atoms with E-state index in [1.807, 2.05) is 0 Å². The van der Waals surface area contributed by atoms with E-state index in [0.717, 1.165) is 0 Å². The van der Waals surface area contributed by atoms with E-state index < -0.39 is 22.4 Å². The van der Waals surface area contributed by atoms with Crippen LogP contribution in [0.2, 0.25) is 0 Å². The highest BCUT2D eigenvalue weighted by Gasteiger charge is 2.26. The molecule has 0 heterocycles. The highest BCUT2D eigenvalue weighted by molar-refractivity contribution is 7.91. The zero-order valence-electron chi connectivity index (χ0n) is 9.79. The van der Waals surface area contributed by atoms with Crippen LogP contribution in [-0.2, 0) is 9.84 Å². The quantitative estimate of drug-likeness (QED) is 0.902. The van der Waals surface area contributed by atoms with Crippen molar-refractivity contribution >= 4 is 15.5 Å². The topological polar surface area (TPSA) is 46.2 Å². The Morgan fingerprint density at radius 2 is 1.83 bits per heavy atom. The van der Waals surface area contributed by atoms with Gasteiger partial charge in [-0.25, -0.2) is 8.42 Å². The number of benzene rings is 1. The minimum Gasteiger partial charge on any atom is -0.384 e. The van der Waals surface area contributed by atoms with Crippen LogP contribution in [0.1, 0.15) is 13.3 Å². The lowest BCUT2D eigenvalue weighted by atomic mass is 10.3. The van der Waals surface area contributed by atoms with E-state index in [0.29, 0.717) is 0 Å². The van der Waals surface area contributed by atoms with Crippen molar-refractivity contribution in [1.82, 2.24) is 0 Å². The summed E-state index contributed by atoms with van der Waals surface area (Å²) in [5.74, 6) is -0.0923. The van der Waals surface area contributed by atoms with Gasteiger partial charge < -0.3 is 5.32 Å². The first-order valence-corrected chi connectivity index (χ1v) is 7.04. The molecular formula is C11H14F3NO2S. The summed E-state index contributed by atoms with van der Waals surface area (Å²) in [6, 6.07) is 5.95. The summed E-state index contributed by atoms with van der Waals surface area (Å²) < 4.78 is 59.4. The smallest absolute Gasteiger partial charge is 0.384 e. The Balaban J connectivity index is 2.84. The maximum atomic E-state index is 12.0. The predicted molar refractivity (Wildman–Crippen MR) is 63.3 cm³/mol. The summed E-state index contributed by atoms with van der Waals surface area (Å²) in [6.07, 6.45) is -5.26. The average molecular weight is 281 g/mol. The summed E-state index contributed by atoms with van der Waals surface area (Å²) >= 11 is 0. The van der Waals surface area contributed by atoms with Crippen molar-refractivity contribution < 1.29 is 21.6 Å². The fourth-order valence-corrected chi connectivity index (χ4v) is 2.45. The molecule has 1 aromatic carbocycles. The molecule has 1 N–H and O–H groups in total. The molecule has 1 aromatic rings. The number of nitrogens with one attached hydrogen (secondary N) is 1. The minimum atomic E-state index is -4.26. The maximum Gasteiger partial charge on any atom is 0.390 e. The zero-order valence-corrected chi connectivity index (χ0v) is 10.6. The van der Waals surface area contributed by atoms with E-state index in [-0.39, 0.29) is 22.9 Å². The van der Waals surface area contributed by atoms with Gasteiger partial charge >= 0.3 is 6.18 Å². The van der Waals surface area contributed by atoms with Gasteiger partial charge in [0, 0.05) is 6.54 Å². The SMILES string of the molecule is CCS(=O)(=O)c1ccccc1NCCC(F)(F)F. The molecule has 0 saturated heterocycles. The largest absolute Gasteiger partial charge is 0.390 e. The Hall–Kier alpha value is -1.24. The average Bonchev–Trinajstić information content (AvgIpc) is 2.28. The second kappa shape index (κ2) is 5.60. The Morgan fingerprint density at radius 3 is 2.39 bits per heavy atom. The van der Waals surface area contributed by atoms with Gasteiger partial charge in [0.05, 0.1) is 22.8 Å². The molecule has 0 aliphatic heterocycles. The summed E-state index contributed by atoms with van der Waals surface area (Å²) in [4.78, 5) is 0.0367. The highest BCUT2D eigenvalue weighted by atomic mass is 32.2. The first-order chi connectivity index (χ1) is 8.26. The van der Waals surface area contributed by atoms with E-state index in [2.05, 4.69) is 5.32 Å². The standard InChI is InChI=1S/C11H14F3NO2S/c1-2-18(16,17)10-6-4-3-5-9(10)15-8-7-11(12,13)14/h3-6,15H,2,7-8H2,1H3. The molecule has 1 rings (SSSR count). The molecular weight excluding hydrogens is 267 g/mol. The van der Waals surface area contributed by atoms with E-state index >= 15 is 0 Å². The van der Waals surface area contributed by atoms with Gasteiger partial charge in [-0.3, -0.25) is 0 Å². The first kappa shape index (κ1) is 14.8. The van der Waals surface area contributed by atoms with Crippen molar-refractivity contribution in [2.45, 2.75) is 24.4 Å². The number of hydrogen-bond acceptors (Lipinski definition) is 3. The number of rotatable bonds is 5. The first-order valence-electron chi connectivity index (χ1n) is 5.38. The molecule has 0 spiro atoms. The maximum absolute atomic E-state index is 12.0. The van der Waals surface area contributed by atoms with Gasteiger partial charge in [-0.1, -0.05) is 19.1 Å². The molecule has 0 radical (unpaired) electrons. The van der Waals surface area contributed by atoms with E-state index in [1.54, 1.807) is 6.07 Å². The highest BCUT2D eigenvalue weighted by Crippen LogP contribution is 2.24. The molecule has 0 atom stereocenters. The van der Waals surface area contributed by atoms with Crippen LogP contribution in [0.25, 0.3) is 0 Å². The van der Waals surface area contributed by atoms with Crippen LogP contribution in [-0.4, -0.2) is 26.9 Å². The summed E-state index contributed by atoms with van der Waals surface area (Å²) in [7, 11) is -3.44. The third-order valence-electron chi connectivity index (χ3n) is 2.33. The molecule has 7 heteroatoms. The number of alkyl halides is 3. The summed E-state index contributed by atoms with van der Waals surface area (Å²) in [5.41, 5.74) is 0.212. The molecule has 0 saturated carbocycles. The molecule has 0 aliphatic carbocycles. The normalized spacial score (nSPS) is 12.4. The van der Waals surface area contributed by atoms with Gasteiger partial charge in [0.15, 0.2) is 9.84 Å². The molecule has 0 fully saturated rings. The summed E-state index contributed by atoms with van der Waals surface area (Å²) in [5, 5.41) is 2.51. The molecule has 0 aliphatic rings. The monoisotopic (exact) mass is 281 g/mol. The van der Waals surface area contributed by atoms with Crippen LogP contribution in [0.5, 0.6) is 0 Å². The Bertz CT molecular complexity index is 497. The van der Waals surface area contributed by atoms with Gasteiger partial charge in [0.1, 0.15) is 0 Å². The molecule has 0 aromatic heterocycles. The van der Waals surface area contributed by atoms with Crippen molar-refractivity contribution in [2.24, 2.45) is 0 Å². The van der Waals surface area contributed by atoms with Gasteiger partial charge in [0.25, 0.3) is 0 Å². The van der Waals surface area contributed by atoms with Crippen molar-refractivity contribution in [3.63, 3.8) is 0 Å². The number of hydrogen-bond donors (Lipinski definition) is 1. The van der Waals surface area contributed by atoms with Crippen LogP contribution in [0.3, 0.4) is 0 Å². The lowest BCUT2D eigenvalue weighted by Crippen LogP contribution is -2.16. The van der Waals surface area contributed by atoms with Gasteiger partial charge in [0.2, 0.25) is 0 Å². The van der Waals surface area contributed by atoms with Gasteiger partial charge in [-0.05, 0) is 12.1 Å². The minimum absolute atomic E-state index is 0.0367. The number of anilines is 1. The number of para-hydroxylation sites is 1. The van der Waals surface area contributed by atoms with Crippen LogP contribution in [0, 0.1) is 0 Å². The van der Waals surface area contributed by atoms with Crippen LogP contribution >= 0.6 is 0 Å². The van der Waals surface area contributed by atoms with Gasteiger partial charge in [-0.15, -0.1) is 0 Å². The second-order valence-electron chi connectivity index (χ2n) is 3.69. The lowest BCUT2D eigenvalue weighted by molar-refractivity contribution is -0.131. The van der Waals surface area contributed by atoms with Crippen molar-refractivity contribution in [2.75, 3.05) is 17.6 Å². The predicted octanol–water partition coefficient (Wildman–Crippen LogP) is 2.84. The van der Waals surface area contributed by atoms with Crippen LogP contribution in [0.15, 0.2) is 29.2 Å². The molecule has 102 valence electrons. The number of halogens is 3. The van der Waals surface area contributed by atoms with Crippen LogP contribution < -0.4 is 5.32 Å². The summed E-state index contributed by atoms with van der Waals surface area (Å²) in [6.45, 7) is 1.14. The fraction of sp³-hybridized carbons (Fsp3) is 0.455. The van der Waals surface area contributed by atoms with Crippen LogP contribution in [0.4, 0.5) is 18.9 Å². The molecule has 3 nitrogen and oxygen atoms in total. The fourth-order valence-electron chi connectivity index (χ4n) is 1.38. The van der Waals surface area contributed by atoms with Crippen molar-refractivity contribution in [3.8, 4) is 0 Å². The lowest BCUT2D eigenvalue weighted by Gasteiger charge is -2.12. The molecule has 0 unspecified atom stereocenters. The Labute approximate surface area is 104 Å². The number of sulfone groups is 1. The Kier molecular flexibility index (Phi) is 4.61. The van der Waals surface area contributed by atoms with E-state index in [1.165, 1.54) is 25.1 Å². The third-order valence-corrected chi connectivity index (χ3v) is 4.11. The second-order valence-corrected chi connectivity index (χ2v) is 5.94. The van der Waals surface area contributed by atoms with E-state index in [4.69, 9.17) is 0 Å². The molecule has 0 amide bonds. The van der Waals surface area contributed by atoms with Crippen molar-refractivity contribution in [1.29, 1.82) is 0 Å². The van der Waals surface area contributed by atoms with E-state index in [9.17, 15) is 21.6 Å². The Morgan fingerprint density at radius 1 is 1.22 bits per heavy atom. The van der Waals surface area contributed by atoms with Gasteiger partial charge in [-0.2, -0.15) is 13.2 Å². The molecule has 0 bridgehead atoms. The van der Waals surface area contributed by atoms with Crippen molar-refractivity contribution in [3.05, 3.63) is 24.3 Å². The zero-order chi connectivity index (χ0) is 13.8. The third kappa shape index (κ3) is 4.21. The molecule has 18 heavy (non-hydrogen) atoms.